The monoisotopic (exact) mass is 337 g/mol. The first-order chi connectivity index (χ1) is 12.1. The van der Waals surface area contributed by atoms with E-state index in [4.69, 9.17) is 5.73 Å². The molecule has 3 atom stereocenters. The molecule has 0 radical (unpaired) electrons. The SMILES string of the molecule is NC(=O)c1cnn2ccc(N3CC4CC4C3c3cccc(F)c3)nc12. The average Bonchev–Trinajstić information content (AvgIpc) is 3.06. The zero-order valence-corrected chi connectivity index (χ0v) is 13.3. The highest BCUT2D eigenvalue weighted by Gasteiger charge is 2.53. The number of hydrogen-bond acceptors (Lipinski definition) is 4. The Labute approximate surface area is 143 Å². The van der Waals surface area contributed by atoms with E-state index in [0.717, 1.165) is 17.9 Å². The topological polar surface area (TPSA) is 76.5 Å². The molecule has 1 aromatic carbocycles. The minimum Gasteiger partial charge on any atom is -0.365 e. The van der Waals surface area contributed by atoms with E-state index in [1.54, 1.807) is 18.3 Å². The van der Waals surface area contributed by atoms with Gasteiger partial charge in [-0.1, -0.05) is 12.1 Å². The third kappa shape index (κ3) is 2.19. The van der Waals surface area contributed by atoms with Gasteiger partial charge in [0.1, 0.15) is 17.2 Å². The Morgan fingerprint density at radius 3 is 3.00 bits per heavy atom. The van der Waals surface area contributed by atoms with Crippen LogP contribution in [0.25, 0.3) is 5.65 Å². The summed E-state index contributed by atoms with van der Waals surface area (Å²) >= 11 is 0. The van der Waals surface area contributed by atoms with Crippen LogP contribution in [0.2, 0.25) is 0 Å². The van der Waals surface area contributed by atoms with Crippen LogP contribution in [0, 0.1) is 17.7 Å². The Kier molecular flexibility index (Phi) is 2.89. The minimum atomic E-state index is -0.550. The number of carbonyl (C=O) groups is 1. The van der Waals surface area contributed by atoms with Crippen LogP contribution in [0.1, 0.15) is 28.4 Å². The molecule has 1 saturated carbocycles. The fourth-order valence-electron chi connectivity index (χ4n) is 4.01. The van der Waals surface area contributed by atoms with E-state index in [1.807, 2.05) is 12.1 Å². The van der Waals surface area contributed by atoms with Gasteiger partial charge < -0.3 is 10.6 Å². The molecule has 1 amide bonds. The highest BCUT2D eigenvalue weighted by atomic mass is 19.1. The summed E-state index contributed by atoms with van der Waals surface area (Å²) in [6, 6.07) is 8.76. The average molecular weight is 337 g/mol. The van der Waals surface area contributed by atoms with E-state index in [9.17, 15) is 9.18 Å². The molecule has 2 aromatic heterocycles. The molecule has 7 heteroatoms. The van der Waals surface area contributed by atoms with Gasteiger partial charge in [-0.25, -0.2) is 13.9 Å². The summed E-state index contributed by atoms with van der Waals surface area (Å²) in [6.45, 7) is 0.884. The van der Waals surface area contributed by atoms with E-state index in [-0.39, 0.29) is 11.9 Å². The zero-order chi connectivity index (χ0) is 17.1. The van der Waals surface area contributed by atoms with Gasteiger partial charge in [-0.15, -0.1) is 0 Å². The molecule has 5 rings (SSSR count). The Morgan fingerprint density at radius 2 is 2.20 bits per heavy atom. The molecular formula is C18H16FN5O. The van der Waals surface area contributed by atoms with E-state index < -0.39 is 5.91 Å². The standard InChI is InChI=1S/C18H16FN5O/c19-12-3-1-2-10(6-12)16-13-7-11(13)9-23(16)15-4-5-24-18(22-15)14(8-21-24)17(20)25/h1-6,8,11,13,16H,7,9H2,(H2,20,25). The minimum absolute atomic E-state index is 0.107. The van der Waals surface area contributed by atoms with Gasteiger partial charge in [0, 0.05) is 12.7 Å². The lowest BCUT2D eigenvalue weighted by Crippen LogP contribution is -2.27. The summed E-state index contributed by atoms with van der Waals surface area (Å²) in [4.78, 5) is 18.4. The van der Waals surface area contributed by atoms with Crippen molar-refractivity contribution in [2.45, 2.75) is 12.5 Å². The van der Waals surface area contributed by atoms with Crippen molar-refractivity contribution in [2.75, 3.05) is 11.4 Å². The maximum absolute atomic E-state index is 13.7. The zero-order valence-electron chi connectivity index (χ0n) is 13.3. The number of halogens is 1. The number of aromatic nitrogens is 3. The maximum atomic E-state index is 13.7. The number of nitrogens with two attached hydrogens (primary N) is 1. The van der Waals surface area contributed by atoms with Crippen LogP contribution < -0.4 is 10.6 Å². The molecule has 3 heterocycles. The molecule has 2 aliphatic rings. The van der Waals surface area contributed by atoms with Crippen molar-refractivity contribution in [2.24, 2.45) is 17.6 Å². The van der Waals surface area contributed by atoms with Gasteiger partial charge in [0.2, 0.25) is 0 Å². The number of carbonyl (C=O) groups excluding carboxylic acids is 1. The van der Waals surface area contributed by atoms with Crippen molar-refractivity contribution in [3.63, 3.8) is 0 Å². The van der Waals surface area contributed by atoms with Gasteiger partial charge in [-0.2, -0.15) is 5.10 Å². The van der Waals surface area contributed by atoms with Crippen molar-refractivity contribution in [3.8, 4) is 0 Å². The molecule has 1 aliphatic heterocycles. The van der Waals surface area contributed by atoms with Gasteiger partial charge in [-0.05, 0) is 42.0 Å². The lowest BCUT2D eigenvalue weighted by atomic mass is 10.0. The first-order valence-corrected chi connectivity index (χ1v) is 8.28. The smallest absolute Gasteiger partial charge is 0.254 e. The molecule has 0 spiro atoms. The molecule has 3 unspecified atom stereocenters. The van der Waals surface area contributed by atoms with Gasteiger partial charge in [0.05, 0.1) is 12.2 Å². The summed E-state index contributed by atoms with van der Waals surface area (Å²) < 4.78 is 15.2. The normalized spacial score (nSPS) is 24.5. The number of benzene rings is 1. The predicted octanol–water partition coefficient (Wildman–Crippen LogP) is 2.16. The summed E-state index contributed by atoms with van der Waals surface area (Å²) in [5.41, 5.74) is 7.12. The second-order valence-corrected chi connectivity index (χ2v) is 6.79. The second kappa shape index (κ2) is 5.02. The van der Waals surface area contributed by atoms with Crippen LogP contribution in [0.4, 0.5) is 10.2 Å². The number of anilines is 1. The molecule has 2 fully saturated rings. The van der Waals surface area contributed by atoms with Crippen LogP contribution in [0.5, 0.6) is 0 Å². The fourth-order valence-corrected chi connectivity index (χ4v) is 4.01. The van der Waals surface area contributed by atoms with Gasteiger partial charge >= 0.3 is 0 Å². The number of fused-ring (bicyclic) bond motifs is 2. The van der Waals surface area contributed by atoms with Crippen molar-refractivity contribution >= 4 is 17.4 Å². The molecular weight excluding hydrogens is 321 g/mol. The summed E-state index contributed by atoms with van der Waals surface area (Å²) in [5, 5.41) is 4.11. The van der Waals surface area contributed by atoms with Crippen LogP contribution >= 0.6 is 0 Å². The van der Waals surface area contributed by atoms with Crippen molar-refractivity contribution < 1.29 is 9.18 Å². The fraction of sp³-hybridized carbons (Fsp3) is 0.278. The van der Waals surface area contributed by atoms with Crippen molar-refractivity contribution in [3.05, 3.63) is 59.7 Å². The number of hydrogen-bond donors (Lipinski definition) is 1. The van der Waals surface area contributed by atoms with Crippen molar-refractivity contribution in [1.82, 2.24) is 14.6 Å². The Balaban J connectivity index is 1.59. The quantitative estimate of drug-likeness (QED) is 0.795. The highest BCUT2D eigenvalue weighted by molar-refractivity contribution is 5.98. The highest BCUT2D eigenvalue weighted by Crippen LogP contribution is 2.57. The van der Waals surface area contributed by atoms with E-state index in [1.165, 1.54) is 23.2 Å². The Morgan fingerprint density at radius 1 is 1.32 bits per heavy atom. The summed E-state index contributed by atoms with van der Waals surface area (Å²) in [7, 11) is 0. The number of primary amides is 1. The van der Waals surface area contributed by atoms with Crippen LogP contribution in [-0.4, -0.2) is 27.0 Å². The Hall–Kier alpha value is -2.96. The number of rotatable bonds is 3. The number of amides is 1. The molecule has 2 N–H and O–H groups in total. The Bertz CT molecular complexity index is 1000. The predicted molar refractivity (Wildman–Crippen MR) is 89.6 cm³/mol. The number of nitrogens with zero attached hydrogens (tertiary/aromatic N) is 4. The van der Waals surface area contributed by atoms with Crippen LogP contribution in [0.15, 0.2) is 42.7 Å². The third-order valence-corrected chi connectivity index (χ3v) is 5.25. The van der Waals surface area contributed by atoms with E-state index in [0.29, 0.717) is 23.0 Å². The third-order valence-electron chi connectivity index (χ3n) is 5.25. The second-order valence-electron chi connectivity index (χ2n) is 6.79. The van der Waals surface area contributed by atoms with Gasteiger partial charge in [0.25, 0.3) is 5.91 Å². The van der Waals surface area contributed by atoms with Crippen LogP contribution in [0.3, 0.4) is 0 Å². The largest absolute Gasteiger partial charge is 0.365 e. The molecule has 25 heavy (non-hydrogen) atoms. The summed E-state index contributed by atoms with van der Waals surface area (Å²) in [5.74, 6) is 1.13. The maximum Gasteiger partial charge on any atom is 0.254 e. The number of piperidine rings is 1. The lowest BCUT2D eigenvalue weighted by Gasteiger charge is -2.29. The molecule has 1 aliphatic carbocycles. The van der Waals surface area contributed by atoms with E-state index in [2.05, 4.69) is 15.0 Å². The molecule has 126 valence electrons. The first kappa shape index (κ1) is 14.4. The van der Waals surface area contributed by atoms with Gasteiger partial charge in [-0.3, -0.25) is 4.79 Å². The van der Waals surface area contributed by atoms with Crippen molar-refractivity contribution in [1.29, 1.82) is 0 Å². The molecule has 3 aromatic rings. The summed E-state index contributed by atoms with van der Waals surface area (Å²) in [6.07, 6.45) is 4.37. The van der Waals surface area contributed by atoms with E-state index >= 15 is 0 Å². The molecule has 6 nitrogen and oxygen atoms in total. The van der Waals surface area contributed by atoms with Gasteiger partial charge in [0.15, 0.2) is 5.65 Å². The molecule has 0 bridgehead atoms. The molecule has 1 saturated heterocycles. The lowest BCUT2D eigenvalue weighted by molar-refractivity contribution is 0.100. The first-order valence-electron chi connectivity index (χ1n) is 8.28. The van der Waals surface area contributed by atoms with Crippen LogP contribution in [-0.2, 0) is 0 Å².